The van der Waals surface area contributed by atoms with E-state index in [1.165, 1.54) is 17.2 Å². The third-order valence-electron chi connectivity index (χ3n) is 4.23. The fourth-order valence-electron chi connectivity index (χ4n) is 3.16. The van der Waals surface area contributed by atoms with Gasteiger partial charge in [-0.05, 0) is 6.92 Å². The maximum absolute atomic E-state index is 4.86. The number of anilines is 1. The largest absolute Gasteiger partial charge is 0.340 e. The minimum absolute atomic E-state index is 0.454. The van der Waals surface area contributed by atoms with E-state index in [0.717, 1.165) is 35.3 Å². The monoisotopic (exact) mass is 316 g/mol. The highest BCUT2D eigenvalue weighted by atomic mass is 32.1. The van der Waals surface area contributed by atoms with Crippen molar-refractivity contribution in [1.82, 2.24) is 24.1 Å². The lowest BCUT2D eigenvalue weighted by atomic mass is 10.1. The lowest BCUT2D eigenvalue weighted by Crippen LogP contribution is -2.31. The highest BCUT2D eigenvalue weighted by molar-refractivity contribution is 7.20. The molecule has 1 aliphatic heterocycles. The second-order valence-corrected chi connectivity index (χ2v) is 7.18. The van der Waals surface area contributed by atoms with Crippen molar-refractivity contribution in [1.29, 1.82) is 0 Å². The van der Waals surface area contributed by atoms with Crippen molar-refractivity contribution in [2.24, 2.45) is 7.05 Å². The smallest absolute Gasteiger partial charge is 0.214 e. The van der Waals surface area contributed by atoms with E-state index in [0.29, 0.717) is 5.92 Å². The van der Waals surface area contributed by atoms with Gasteiger partial charge in [-0.3, -0.25) is 0 Å². The first-order valence-electron chi connectivity index (χ1n) is 7.65. The van der Waals surface area contributed by atoms with Crippen molar-refractivity contribution in [2.75, 3.05) is 11.4 Å². The van der Waals surface area contributed by atoms with Crippen molar-refractivity contribution >= 4 is 21.4 Å². The molecule has 22 heavy (non-hydrogen) atoms. The zero-order valence-electron chi connectivity index (χ0n) is 13.4. The molecule has 0 radical (unpaired) electrons. The van der Waals surface area contributed by atoms with Gasteiger partial charge in [-0.1, -0.05) is 25.2 Å². The first kappa shape index (κ1) is 13.8. The number of rotatable bonds is 2. The Hall–Kier alpha value is -1.89. The van der Waals surface area contributed by atoms with Crippen LogP contribution in [0.1, 0.15) is 42.7 Å². The molecule has 6 nitrogen and oxygen atoms in total. The summed E-state index contributed by atoms with van der Waals surface area (Å²) in [5.74, 6) is 1.63. The minimum Gasteiger partial charge on any atom is -0.340 e. The van der Waals surface area contributed by atoms with Crippen molar-refractivity contribution in [2.45, 2.75) is 39.7 Å². The summed E-state index contributed by atoms with van der Waals surface area (Å²) in [6.45, 7) is 8.22. The molecule has 0 aromatic carbocycles. The lowest BCUT2D eigenvalue weighted by Gasteiger charge is -2.25. The number of aromatic nitrogens is 5. The van der Waals surface area contributed by atoms with Gasteiger partial charge in [-0.2, -0.15) is 0 Å². The standard InChI is InChI=1S/C15H20N6S/c1-9(2)13-17-11-8-20(6-5-12(11)19(13)4)15-18-21-7-10(3)16-14(21)22-15/h7,9H,5-6,8H2,1-4H3. The van der Waals surface area contributed by atoms with Gasteiger partial charge in [0.25, 0.3) is 0 Å². The summed E-state index contributed by atoms with van der Waals surface area (Å²) in [5.41, 5.74) is 3.58. The Morgan fingerprint density at radius 3 is 2.82 bits per heavy atom. The topological polar surface area (TPSA) is 51.2 Å². The molecule has 0 saturated heterocycles. The van der Waals surface area contributed by atoms with Crippen LogP contribution in [0.5, 0.6) is 0 Å². The van der Waals surface area contributed by atoms with Crippen LogP contribution in [-0.2, 0) is 20.0 Å². The van der Waals surface area contributed by atoms with E-state index in [4.69, 9.17) is 4.98 Å². The average molecular weight is 316 g/mol. The van der Waals surface area contributed by atoms with E-state index in [1.54, 1.807) is 11.3 Å². The normalized spacial score (nSPS) is 15.0. The highest BCUT2D eigenvalue weighted by Crippen LogP contribution is 2.29. The van der Waals surface area contributed by atoms with Crippen LogP contribution in [0.15, 0.2) is 6.20 Å². The van der Waals surface area contributed by atoms with Gasteiger partial charge in [0.1, 0.15) is 5.82 Å². The van der Waals surface area contributed by atoms with Crippen LogP contribution in [0, 0.1) is 6.92 Å². The molecule has 0 saturated carbocycles. The third kappa shape index (κ3) is 2.03. The van der Waals surface area contributed by atoms with Gasteiger partial charge in [0.15, 0.2) is 0 Å². The van der Waals surface area contributed by atoms with Crippen molar-refractivity contribution in [3.05, 3.63) is 29.1 Å². The summed E-state index contributed by atoms with van der Waals surface area (Å²) in [6.07, 6.45) is 2.99. The fourth-order valence-corrected chi connectivity index (χ4v) is 4.11. The van der Waals surface area contributed by atoms with Gasteiger partial charge in [-0.15, -0.1) is 5.10 Å². The molecular weight excluding hydrogens is 296 g/mol. The molecule has 0 amide bonds. The Kier molecular flexibility index (Phi) is 3.00. The maximum Gasteiger partial charge on any atom is 0.214 e. The Bertz CT molecular complexity index is 808. The summed E-state index contributed by atoms with van der Waals surface area (Å²) < 4.78 is 4.15. The van der Waals surface area contributed by atoms with Crippen molar-refractivity contribution in [3.8, 4) is 0 Å². The molecule has 0 aliphatic carbocycles. The number of aryl methyl sites for hydroxylation is 1. The maximum atomic E-state index is 4.86. The molecule has 0 bridgehead atoms. The first-order chi connectivity index (χ1) is 10.5. The van der Waals surface area contributed by atoms with Crippen LogP contribution in [-0.4, -0.2) is 30.7 Å². The zero-order valence-corrected chi connectivity index (χ0v) is 14.2. The number of hydrogen-bond donors (Lipinski definition) is 0. The second kappa shape index (κ2) is 4.81. The van der Waals surface area contributed by atoms with E-state index in [-0.39, 0.29) is 0 Å². The van der Waals surface area contributed by atoms with Gasteiger partial charge >= 0.3 is 0 Å². The van der Waals surface area contributed by atoms with E-state index in [1.807, 2.05) is 17.6 Å². The molecule has 7 heteroatoms. The lowest BCUT2D eigenvalue weighted by molar-refractivity contribution is 0.659. The minimum atomic E-state index is 0.454. The van der Waals surface area contributed by atoms with E-state index in [9.17, 15) is 0 Å². The fraction of sp³-hybridized carbons (Fsp3) is 0.533. The second-order valence-electron chi connectivity index (χ2n) is 6.24. The zero-order chi connectivity index (χ0) is 15.4. The number of hydrogen-bond acceptors (Lipinski definition) is 5. The quantitative estimate of drug-likeness (QED) is 0.729. The Balaban J connectivity index is 1.66. The summed E-state index contributed by atoms with van der Waals surface area (Å²) in [5, 5.41) is 5.69. The molecule has 0 unspecified atom stereocenters. The van der Waals surface area contributed by atoms with Crippen molar-refractivity contribution in [3.63, 3.8) is 0 Å². The summed E-state index contributed by atoms with van der Waals surface area (Å²) in [6, 6.07) is 0. The Morgan fingerprint density at radius 1 is 1.27 bits per heavy atom. The van der Waals surface area contributed by atoms with Gasteiger partial charge in [0.2, 0.25) is 10.1 Å². The molecule has 0 fully saturated rings. The first-order valence-corrected chi connectivity index (χ1v) is 8.46. The molecule has 1 aliphatic rings. The SMILES string of the molecule is Cc1cn2nc(N3CCc4c(nc(C(C)C)n4C)C3)sc2n1. The van der Waals surface area contributed by atoms with E-state index >= 15 is 0 Å². The van der Waals surface area contributed by atoms with Crippen LogP contribution in [0.4, 0.5) is 5.13 Å². The summed E-state index contributed by atoms with van der Waals surface area (Å²) in [7, 11) is 2.14. The Morgan fingerprint density at radius 2 is 2.09 bits per heavy atom. The van der Waals surface area contributed by atoms with Gasteiger partial charge in [0, 0.05) is 31.6 Å². The van der Waals surface area contributed by atoms with Crippen molar-refractivity contribution < 1.29 is 0 Å². The predicted octanol–water partition coefficient (Wildman–Crippen LogP) is 2.52. The molecule has 0 N–H and O–H groups in total. The van der Waals surface area contributed by atoms with Gasteiger partial charge < -0.3 is 9.47 Å². The molecular formula is C15H20N6S. The van der Waals surface area contributed by atoms with Crippen LogP contribution in [0.3, 0.4) is 0 Å². The van der Waals surface area contributed by atoms with Crippen LogP contribution in [0.25, 0.3) is 4.96 Å². The average Bonchev–Trinajstić information content (AvgIpc) is 3.09. The summed E-state index contributed by atoms with van der Waals surface area (Å²) in [4.78, 5) is 12.6. The highest BCUT2D eigenvalue weighted by Gasteiger charge is 2.25. The third-order valence-corrected chi connectivity index (χ3v) is 5.21. The molecule has 4 heterocycles. The van der Waals surface area contributed by atoms with E-state index in [2.05, 4.69) is 40.4 Å². The molecule has 0 atom stereocenters. The van der Waals surface area contributed by atoms with Crippen LogP contribution in [0.2, 0.25) is 0 Å². The van der Waals surface area contributed by atoms with Crippen LogP contribution < -0.4 is 4.90 Å². The number of fused-ring (bicyclic) bond motifs is 2. The molecule has 116 valence electrons. The molecule has 4 rings (SSSR count). The molecule has 3 aromatic heterocycles. The Labute approximate surface area is 133 Å². The van der Waals surface area contributed by atoms with E-state index < -0.39 is 0 Å². The predicted molar refractivity (Wildman–Crippen MR) is 87.7 cm³/mol. The number of imidazole rings is 2. The summed E-state index contributed by atoms with van der Waals surface area (Å²) >= 11 is 1.65. The van der Waals surface area contributed by atoms with Crippen LogP contribution >= 0.6 is 11.3 Å². The number of nitrogens with zero attached hydrogens (tertiary/aromatic N) is 6. The van der Waals surface area contributed by atoms with Gasteiger partial charge in [0.05, 0.1) is 24.1 Å². The van der Waals surface area contributed by atoms with Gasteiger partial charge in [-0.25, -0.2) is 14.5 Å². The molecule has 3 aromatic rings. The molecule has 0 spiro atoms.